The summed E-state index contributed by atoms with van der Waals surface area (Å²) >= 11 is 0. The van der Waals surface area contributed by atoms with E-state index in [0.717, 1.165) is 17.3 Å². The van der Waals surface area contributed by atoms with Crippen molar-refractivity contribution in [3.8, 4) is 11.4 Å². The van der Waals surface area contributed by atoms with Crippen molar-refractivity contribution in [3.63, 3.8) is 0 Å². The van der Waals surface area contributed by atoms with E-state index in [1.165, 1.54) is 5.56 Å². The monoisotopic (exact) mass is 217 g/mol. The molecule has 0 bridgehead atoms. The summed E-state index contributed by atoms with van der Waals surface area (Å²) in [6.45, 7) is 6.54. The van der Waals surface area contributed by atoms with Gasteiger partial charge in [0.05, 0.1) is 5.69 Å². The molecule has 0 radical (unpaired) electrons. The van der Waals surface area contributed by atoms with Gasteiger partial charge in [-0.15, -0.1) is 10.2 Å². The molecule has 0 fully saturated rings. The molecule has 84 valence electrons. The van der Waals surface area contributed by atoms with Crippen LogP contribution in [0.15, 0.2) is 24.5 Å². The van der Waals surface area contributed by atoms with Crippen LogP contribution in [0.4, 0.5) is 0 Å². The molecule has 0 saturated carbocycles. The number of benzene rings is 1. The van der Waals surface area contributed by atoms with Crippen molar-refractivity contribution in [1.29, 1.82) is 0 Å². The summed E-state index contributed by atoms with van der Waals surface area (Å²) < 4.78 is 7.52. The Morgan fingerprint density at radius 3 is 2.94 bits per heavy atom. The highest BCUT2D eigenvalue weighted by molar-refractivity contribution is 5.50. The molecule has 1 aliphatic heterocycles. The zero-order chi connectivity index (χ0) is 11.5. The van der Waals surface area contributed by atoms with Crippen molar-refractivity contribution < 1.29 is 4.74 Å². The van der Waals surface area contributed by atoms with Gasteiger partial charge in [0.25, 0.3) is 0 Å². The molecule has 1 aliphatic rings. The molecule has 2 heterocycles. The SMILES string of the molecule is CC.Cc1ccc2c(c1)OCc1nncn1-2. The Morgan fingerprint density at radius 1 is 1.31 bits per heavy atom. The largest absolute Gasteiger partial charge is 0.483 e. The van der Waals surface area contributed by atoms with Crippen molar-refractivity contribution in [2.24, 2.45) is 0 Å². The van der Waals surface area contributed by atoms with Crippen LogP contribution >= 0.6 is 0 Å². The third kappa shape index (κ3) is 1.66. The Kier molecular flexibility index (Phi) is 2.90. The number of ether oxygens (including phenoxy) is 1. The fourth-order valence-corrected chi connectivity index (χ4v) is 1.64. The topological polar surface area (TPSA) is 39.9 Å². The highest BCUT2D eigenvalue weighted by Gasteiger charge is 2.17. The van der Waals surface area contributed by atoms with Crippen LogP contribution in [0, 0.1) is 6.92 Å². The predicted molar refractivity (Wildman–Crippen MR) is 61.8 cm³/mol. The number of fused-ring (bicyclic) bond motifs is 3. The van der Waals surface area contributed by atoms with Crippen molar-refractivity contribution in [1.82, 2.24) is 14.8 Å². The van der Waals surface area contributed by atoms with Gasteiger partial charge in [-0.05, 0) is 24.6 Å². The van der Waals surface area contributed by atoms with Crippen LogP contribution in [0.3, 0.4) is 0 Å². The van der Waals surface area contributed by atoms with Gasteiger partial charge < -0.3 is 4.74 Å². The highest BCUT2D eigenvalue weighted by atomic mass is 16.5. The van der Waals surface area contributed by atoms with E-state index >= 15 is 0 Å². The Balaban J connectivity index is 0.000000457. The van der Waals surface area contributed by atoms with E-state index < -0.39 is 0 Å². The van der Waals surface area contributed by atoms with Crippen molar-refractivity contribution in [2.75, 3.05) is 0 Å². The van der Waals surface area contributed by atoms with Crippen molar-refractivity contribution in [3.05, 3.63) is 35.9 Å². The van der Waals surface area contributed by atoms with Crippen LogP contribution in [0.25, 0.3) is 5.69 Å². The van der Waals surface area contributed by atoms with Crippen LogP contribution in [0.2, 0.25) is 0 Å². The molecule has 0 spiro atoms. The first-order chi connectivity index (χ1) is 7.84. The number of rotatable bonds is 0. The van der Waals surface area contributed by atoms with Crippen LogP contribution in [0.5, 0.6) is 5.75 Å². The molecule has 1 aromatic carbocycles. The zero-order valence-corrected chi connectivity index (χ0v) is 9.77. The fraction of sp³-hybridized carbons (Fsp3) is 0.333. The second-order valence-electron chi connectivity index (χ2n) is 3.38. The third-order valence-electron chi connectivity index (χ3n) is 2.35. The Bertz CT molecular complexity index is 491. The number of aryl methyl sites for hydroxylation is 1. The van der Waals surface area contributed by atoms with Crippen LogP contribution < -0.4 is 4.74 Å². The molecular formula is C12H15N3O. The molecule has 2 aromatic rings. The van der Waals surface area contributed by atoms with Gasteiger partial charge in [-0.1, -0.05) is 19.9 Å². The van der Waals surface area contributed by atoms with Crippen molar-refractivity contribution in [2.45, 2.75) is 27.4 Å². The van der Waals surface area contributed by atoms with E-state index in [1.807, 2.05) is 37.5 Å². The molecule has 0 atom stereocenters. The minimum atomic E-state index is 0.496. The summed E-state index contributed by atoms with van der Waals surface area (Å²) in [5.41, 5.74) is 2.21. The van der Waals surface area contributed by atoms with E-state index in [0.29, 0.717) is 6.61 Å². The van der Waals surface area contributed by atoms with E-state index in [4.69, 9.17) is 4.74 Å². The highest BCUT2D eigenvalue weighted by Crippen LogP contribution is 2.29. The van der Waals surface area contributed by atoms with Gasteiger partial charge in [-0.25, -0.2) is 0 Å². The van der Waals surface area contributed by atoms with Gasteiger partial charge in [-0.2, -0.15) is 0 Å². The number of aromatic nitrogens is 3. The van der Waals surface area contributed by atoms with Gasteiger partial charge in [0, 0.05) is 0 Å². The molecule has 4 nitrogen and oxygen atoms in total. The maximum Gasteiger partial charge on any atom is 0.175 e. The van der Waals surface area contributed by atoms with Gasteiger partial charge in [-0.3, -0.25) is 4.57 Å². The lowest BCUT2D eigenvalue weighted by molar-refractivity contribution is 0.279. The minimum absolute atomic E-state index is 0.496. The third-order valence-corrected chi connectivity index (χ3v) is 2.35. The van der Waals surface area contributed by atoms with E-state index in [9.17, 15) is 0 Å². The van der Waals surface area contributed by atoms with Gasteiger partial charge in [0.15, 0.2) is 5.82 Å². The Hall–Kier alpha value is -1.84. The lowest BCUT2D eigenvalue weighted by Crippen LogP contribution is -2.12. The molecule has 16 heavy (non-hydrogen) atoms. The minimum Gasteiger partial charge on any atom is -0.483 e. The second kappa shape index (κ2) is 4.35. The van der Waals surface area contributed by atoms with E-state index in [2.05, 4.69) is 16.3 Å². The quantitative estimate of drug-likeness (QED) is 0.680. The van der Waals surface area contributed by atoms with Crippen LogP contribution in [-0.2, 0) is 6.61 Å². The lowest BCUT2D eigenvalue weighted by Gasteiger charge is -2.18. The normalized spacial score (nSPS) is 11.7. The summed E-state index contributed by atoms with van der Waals surface area (Å²) in [6.07, 6.45) is 1.71. The van der Waals surface area contributed by atoms with E-state index in [1.54, 1.807) is 6.33 Å². The summed E-state index contributed by atoms with van der Waals surface area (Å²) in [5, 5.41) is 7.82. The molecular weight excluding hydrogens is 202 g/mol. The van der Waals surface area contributed by atoms with Gasteiger partial charge in [0.1, 0.15) is 18.7 Å². The molecule has 0 saturated heterocycles. The maximum atomic E-state index is 5.57. The predicted octanol–water partition coefficient (Wildman–Crippen LogP) is 2.49. The molecule has 4 heteroatoms. The number of nitrogens with zero attached hydrogens (tertiary/aromatic N) is 3. The summed E-state index contributed by atoms with van der Waals surface area (Å²) in [7, 11) is 0. The van der Waals surface area contributed by atoms with Gasteiger partial charge in [0.2, 0.25) is 0 Å². The molecule has 1 aromatic heterocycles. The Labute approximate surface area is 94.9 Å². The lowest BCUT2D eigenvalue weighted by atomic mass is 10.2. The summed E-state index contributed by atoms with van der Waals surface area (Å²) in [6, 6.07) is 6.10. The van der Waals surface area contributed by atoms with Gasteiger partial charge >= 0.3 is 0 Å². The number of hydrogen-bond acceptors (Lipinski definition) is 3. The first-order valence-corrected chi connectivity index (χ1v) is 5.47. The molecule has 3 rings (SSSR count). The Morgan fingerprint density at radius 2 is 2.12 bits per heavy atom. The van der Waals surface area contributed by atoms with Crippen LogP contribution in [-0.4, -0.2) is 14.8 Å². The standard InChI is InChI=1S/C10H9N3O.C2H6/c1-7-2-3-8-9(4-7)14-5-10-12-11-6-13(8)10;1-2/h2-4,6H,5H2,1H3;1-2H3. The van der Waals surface area contributed by atoms with Crippen LogP contribution in [0.1, 0.15) is 25.2 Å². The average molecular weight is 217 g/mol. The summed E-state index contributed by atoms with van der Waals surface area (Å²) in [5.74, 6) is 1.75. The molecule has 0 unspecified atom stereocenters. The zero-order valence-electron chi connectivity index (χ0n) is 9.77. The molecule has 0 aliphatic carbocycles. The number of hydrogen-bond donors (Lipinski definition) is 0. The van der Waals surface area contributed by atoms with Crippen molar-refractivity contribution >= 4 is 0 Å². The average Bonchev–Trinajstić information content (AvgIpc) is 2.79. The summed E-state index contributed by atoms with van der Waals surface area (Å²) in [4.78, 5) is 0. The molecule has 0 amide bonds. The fourth-order valence-electron chi connectivity index (χ4n) is 1.64. The smallest absolute Gasteiger partial charge is 0.175 e. The first kappa shape index (κ1) is 10.7. The maximum absolute atomic E-state index is 5.57. The molecule has 0 N–H and O–H groups in total. The van der Waals surface area contributed by atoms with E-state index in [-0.39, 0.29) is 0 Å². The first-order valence-electron chi connectivity index (χ1n) is 5.47. The second-order valence-corrected chi connectivity index (χ2v) is 3.38.